The normalized spacial score (nSPS) is 11.1. The molecule has 124 valence electrons. The van der Waals surface area contributed by atoms with E-state index >= 15 is 0 Å². The van der Waals surface area contributed by atoms with Crippen LogP contribution in [0.25, 0.3) is 0 Å². The van der Waals surface area contributed by atoms with Crippen LogP contribution in [0, 0.1) is 6.92 Å². The molecule has 0 aliphatic rings. The Hall–Kier alpha value is -2.37. The van der Waals surface area contributed by atoms with Gasteiger partial charge in [0.25, 0.3) is 0 Å². The minimum Gasteiger partial charge on any atom is -0.490 e. The Labute approximate surface area is 132 Å². The summed E-state index contributed by atoms with van der Waals surface area (Å²) in [6.45, 7) is 1.04. The first-order valence-electron chi connectivity index (χ1n) is 7.05. The third-order valence-electron chi connectivity index (χ3n) is 2.93. The van der Waals surface area contributed by atoms with Crippen LogP contribution in [-0.2, 0) is 0 Å². The number of para-hydroxylation sites is 3. The summed E-state index contributed by atoms with van der Waals surface area (Å²) in [6, 6.07) is 13.8. The molecule has 0 saturated carbocycles. The number of aryl methyl sites for hydroxylation is 1. The molecule has 0 N–H and O–H groups in total. The van der Waals surface area contributed by atoms with E-state index in [1.54, 1.807) is 18.2 Å². The molecular weight excluding hydrogens is 309 g/mol. The van der Waals surface area contributed by atoms with Crippen LogP contribution in [0.1, 0.15) is 5.56 Å². The average molecular weight is 326 g/mol. The summed E-state index contributed by atoms with van der Waals surface area (Å²) >= 11 is 0. The predicted molar refractivity (Wildman–Crippen MR) is 80.2 cm³/mol. The SMILES string of the molecule is Cc1ccccc1OCCOc1ccccc1OCC(F)(F)F. The summed E-state index contributed by atoms with van der Waals surface area (Å²) in [7, 11) is 0. The maximum Gasteiger partial charge on any atom is 0.422 e. The fourth-order valence-electron chi connectivity index (χ4n) is 1.87. The summed E-state index contributed by atoms with van der Waals surface area (Å²) in [5.41, 5.74) is 1.00. The van der Waals surface area contributed by atoms with E-state index in [0.29, 0.717) is 0 Å². The third-order valence-corrected chi connectivity index (χ3v) is 2.93. The number of rotatable bonds is 7. The zero-order valence-electron chi connectivity index (χ0n) is 12.6. The Balaban J connectivity index is 1.85. The molecule has 0 saturated heterocycles. The molecule has 0 radical (unpaired) electrons. The summed E-state index contributed by atoms with van der Waals surface area (Å²) < 4.78 is 52.4. The second-order valence-corrected chi connectivity index (χ2v) is 4.81. The van der Waals surface area contributed by atoms with Crippen LogP contribution in [0.2, 0.25) is 0 Å². The van der Waals surface area contributed by atoms with E-state index < -0.39 is 12.8 Å². The molecule has 2 aromatic carbocycles. The topological polar surface area (TPSA) is 27.7 Å². The minimum atomic E-state index is -4.39. The van der Waals surface area contributed by atoms with Crippen molar-refractivity contribution in [3.05, 3.63) is 54.1 Å². The van der Waals surface area contributed by atoms with Gasteiger partial charge >= 0.3 is 6.18 Å². The van der Waals surface area contributed by atoms with Gasteiger partial charge in [0, 0.05) is 0 Å². The smallest absolute Gasteiger partial charge is 0.422 e. The van der Waals surface area contributed by atoms with E-state index in [4.69, 9.17) is 14.2 Å². The lowest BCUT2D eigenvalue weighted by molar-refractivity contribution is -0.153. The zero-order chi connectivity index (χ0) is 16.7. The maximum atomic E-state index is 12.2. The van der Waals surface area contributed by atoms with Crippen molar-refractivity contribution >= 4 is 0 Å². The van der Waals surface area contributed by atoms with Gasteiger partial charge in [0.1, 0.15) is 19.0 Å². The van der Waals surface area contributed by atoms with Gasteiger partial charge < -0.3 is 14.2 Å². The van der Waals surface area contributed by atoms with E-state index in [9.17, 15) is 13.2 Å². The summed E-state index contributed by atoms with van der Waals surface area (Å²) in [5.74, 6) is 1.06. The van der Waals surface area contributed by atoms with Gasteiger partial charge in [0.15, 0.2) is 18.1 Å². The Morgan fingerprint density at radius 1 is 0.739 bits per heavy atom. The lowest BCUT2D eigenvalue weighted by Crippen LogP contribution is -2.19. The average Bonchev–Trinajstić information content (AvgIpc) is 2.51. The first kappa shape index (κ1) is 17.0. The second-order valence-electron chi connectivity index (χ2n) is 4.81. The summed E-state index contributed by atoms with van der Waals surface area (Å²) in [4.78, 5) is 0. The second kappa shape index (κ2) is 7.76. The molecule has 0 aliphatic heterocycles. The van der Waals surface area contributed by atoms with E-state index in [-0.39, 0.29) is 24.7 Å². The lowest BCUT2D eigenvalue weighted by atomic mass is 10.2. The van der Waals surface area contributed by atoms with Gasteiger partial charge in [0.2, 0.25) is 0 Å². The molecule has 3 nitrogen and oxygen atoms in total. The van der Waals surface area contributed by atoms with Gasteiger partial charge in [-0.25, -0.2) is 0 Å². The molecule has 0 unspecified atom stereocenters. The number of halogens is 3. The van der Waals surface area contributed by atoms with Crippen molar-refractivity contribution in [1.82, 2.24) is 0 Å². The van der Waals surface area contributed by atoms with E-state index in [0.717, 1.165) is 11.3 Å². The molecule has 0 aromatic heterocycles. The third kappa shape index (κ3) is 5.73. The molecule has 2 rings (SSSR count). The molecule has 0 aliphatic carbocycles. The number of hydrogen-bond acceptors (Lipinski definition) is 3. The van der Waals surface area contributed by atoms with Crippen molar-refractivity contribution in [3.63, 3.8) is 0 Å². The van der Waals surface area contributed by atoms with Crippen LogP contribution in [0.15, 0.2) is 48.5 Å². The first-order valence-corrected chi connectivity index (χ1v) is 7.05. The summed E-state index contributed by atoms with van der Waals surface area (Å²) in [5, 5.41) is 0. The van der Waals surface area contributed by atoms with Gasteiger partial charge in [-0.3, -0.25) is 0 Å². The van der Waals surface area contributed by atoms with Gasteiger partial charge in [-0.05, 0) is 30.7 Å². The van der Waals surface area contributed by atoms with Gasteiger partial charge in [-0.2, -0.15) is 13.2 Å². The highest BCUT2D eigenvalue weighted by molar-refractivity contribution is 5.39. The van der Waals surface area contributed by atoms with Crippen molar-refractivity contribution in [2.24, 2.45) is 0 Å². The van der Waals surface area contributed by atoms with Crippen LogP contribution in [0.3, 0.4) is 0 Å². The number of alkyl halides is 3. The van der Waals surface area contributed by atoms with Crippen LogP contribution < -0.4 is 14.2 Å². The van der Waals surface area contributed by atoms with Gasteiger partial charge in [0.05, 0.1) is 0 Å². The highest BCUT2D eigenvalue weighted by Gasteiger charge is 2.28. The van der Waals surface area contributed by atoms with Crippen molar-refractivity contribution in [1.29, 1.82) is 0 Å². The molecule has 0 fully saturated rings. The molecule has 2 aromatic rings. The molecule has 23 heavy (non-hydrogen) atoms. The van der Waals surface area contributed by atoms with Crippen LogP contribution in [-0.4, -0.2) is 26.0 Å². The molecule has 0 amide bonds. The number of ether oxygens (including phenoxy) is 3. The molecular formula is C17H17F3O3. The molecule has 0 bridgehead atoms. The number of hydrogen-bond donors (Lipinski definition) is 0. The predicted octanol–water partition coefficient (Wildman–Crippen LogP) is 4.39. The Bertz CT molecular complexity index is 626. The Kier molecular flexibility index (Phi) is 5.73. The zero-order valence-corrected chi connectivity index (χ0v) is 12.6. The molecule has 6 heteroatoms. The molecule has 0 spiro atoms. The summed E-state index contributed by atoms with van der Waals surface area (Å²) in [6.07, 6.45) is -4.39. The highest BCUT2D eigenvalue weighted by atomic mass is 19.4. The highest BCUT2D eigenvalue weighted by Crippen LogP contribution is 2.28. The van der Waals surface area contributed by atoms with Gasteiger partial charge in [-0.1, -0.05) is 30.3 Å². The molecule has 0 atom stereocenters. The fraction of sp³-hybridized carbons (Fsp3) is 0.294. The number of benzene rings is 2. The quantitative estimate of drug-likeness (QED) is 0.706. The molecule has 0 heterocycles. The Morgan fingerprint density at radius 2 is 1.22 bits per heavy atom. The van der Waals surface area contributed by atoms with E-state index in [2.05, 4.69) is 0 Å². The van der Waals surface area contributed by atoms with Crippen molar-refractivity contribution in [2.75, 3.05) is 19.8 Å². The lowest BCUT2D eigenvalue weighted by Gasteiger charge is -2.14. The standard InChI is InChI=1S/C17H17F3O3/c1-13-6-2-3-7-14(13)21-10-11-22-15-8-4-5-9-16(15)23-12-17(18,19)20/h2-9H,10-12H2,1H3. The monoisotopic (exact) mass is 326 g/mol. The minimum absolute atomic E-state index is 0.0562. The van der Waals surface area contributed by atoms with Crippen molar-refractivity contribution in [2.45, 2.75) is 13.1 Å². The Morgan fingerprint density at radius 3 is 1.78 bits per heavy atom. The van der Waals surface area contributed by atoms with Crippen molar-refractivity contribution in [3.8, 4) is 17.2 Å². The van der Waals surface area contributed by atoms with Crippen LogP contribution >= 0.6 is 0 Å². The van der Waals surface area contributed by atoms with Crippen LogP contribution in [0.4, 0.5) is 13.2 Å². The largest absolute Gasteiger partial charge is 0.490 e. The van der Waals surface area contributed by atoms with Gasteiger partial charge in [-0.15, -0.1) is 0 Å². The van der Waals surface area contributed by atoms with E-state index in [1.165, 1.54) is 6.07 Å². The maximum absolute atomic E-state index is 12.2. The van der Waals surface area contributed by atoms with Crippen molar-refractivity contribution < 1.29 is 27.4 Å². The van der Waals surface area contributed by atoms with E-state index in [1.807, 2.05) is 31.2 Å². The fourth-order valence-corrected chi connectivity index (χ4v) is 1.87. The first-order chi connectivity index (χ1) is 11.0. The van der Waals surface area contributed by atoms with Crippen LogP contribution in [0.5, 0.6) is 17.2 Å².